The number of nitrogens with zero attached hydrogens (tertiary/aromatic N) is 3. The van der Waals surface area contributed by atoms with Crippen LogP contribution in [0.15, 0.2) is 47.5 Å². The SMILES string of the molecule is COCc1ccccc1NC(N)=NCc1cccc(N(C)C)n1. The number of hydrogen-bond acceptors (Lipinski definition) is 4. The van der Waals surface area contributed by atoms with Crippen LogP contribution in [0.3, 0.4) is 0 Å². The summed E-state index contributed by atoms with van der Waals surface area (Å²) in [5.41, 5.74) is 8.77. The van der Waals surface area contributed by atoms with E-state index in [2.05, 4.69) is 15.3 Å². The summed E-state index contributed by atoms with van der Waals surface area (Å²) < 4.78 is 5.18. The van der Waals surface area contributed by atoms with Gasteiger partial charge in [-0.2, -0.15) is 0 Å². The van der Waals surface area contributed by atoms with Crippen LogP contribution in [0.1, 0.15) is 11.3 Å². The number of anilines is 2. The van der Waals surface area contributed by atoms with Crippen molar-refractivity contribution in [2.24, 2.45) is 10.7 Å². The average Bonchev–Trinajstić information content (AvgIpc) is 2.55. The summed E-state index contributed by atoms with van der Waals surface area (Å²) in [5, 5.41) is 3.11. The Bertz CT molecular complexity index is 670. The van der Waals surface area contributed by atoms with E-state index in [0.29, 0.717) is 19.1 Å². The summed E-state index contributed by atoms with van der Waals surface area (Å²) >= 11 is 0. The molecule has 0 bridgehead atoms. The molecule has 0 unspecified atom stereocenters. The maximum Gasteiger partial charge on any atom is 0.193 e. The summed E-state index contributed by atoms with van der Waals surface area (Å²) in [6, 6.07) is 13.7. The van der Waals surface area contributed by atoms with E-state index in [-0.39, 0.29) is 0 Å². The lowest BCUT2D eigenvalue weighted by atomic mass is 10.2. The first-order valence-corrected chi connectivity index (χ1v) is 7.37. The van der Waals surface area contributed by atoms with Gasteiger partial charge in [-0.15, -0.1) is 0 Å². The second-order valence-corrected chi connectivity index (χ2v) is 5.30. The van der Waals surface area contributed by atoms with E-state index in [4.69, 9.17) is 10.5 Å². The lowest BCUT2D eigenvalue weighted by Crippen LogP contribution is -2.23. The number of para-hydroxylation sites is 1. The van der Waals surface area contributed by atoms with Crippen LogP contribution in [0.4, 0.5) is 11.5 Å². The van der Waals surface area contributed by atoms with Gasteiger partial charge in [-0.3, -0.25) is 0 Å². The molecule has 3 N–H and O–H groups in total. The Hall–Kier alpha value is -2.60. The highest BCUT2D eigenvalue weighted by molar-refractivity contribution is 5.92. The smallest absolute Gasteiger partial charge is 0.193 e. The fraction of sp³-hybridized carbons (Fsp3) is 0.294. The first-order chi connectivity index (χ1) is 11.1. The minimum atomic E-state index is 0.352. The van der Waals surface area contributed by atoms with Gasteiger partial charge >= 0.3 is 0 Å². The molecule has 0 aliphatic carbocycles. The Labute approximate surface area is 137 Å². The van der Waals surface area contributed by atoms with Crippen molar-refractivity contribution in [1.82, 2.24) is 4.98 Å². The number of methoxy groups -OCH3 is 1. The van der Waals surface area contributed by atoms with Crippen molar-refractivity contribution < 1.29 is 4.74 Å². The van der Waals surface area contributed by atoms with Crippen LogP contribution in [-0.4, -0.2) is 32.1 Å². The Morgan fingerprint density at radius 2 is 2.00 bits per heavy atom. The minimum absolute atomic E-state index is 0.352. The highest BCUT2D eigenvalue weighted by Gasteiger charge is 2.03. The molecule has 0 aliphatic rings. The van der Waals surface area contributed by atoms with Gasteiger partial charge < -0.3 is 20.7 Å². The van der Waals surface area contributed by atoms with Crippen LogP contribution in [0.2, 0.25) is 0 Å². The Morgan fingerprint density at radius 1 is 1.22 bits per heavy atom. The molecule has 1 aromatic carbocycles. The van der Waals surface area contributed by atoms with Crippen molar-refractivity contribution in [1.29, 1.82) is 0 Å². The summed E-state index contributed by atoms with van der Waals surface area (Å²) in [5.74, 6) is 1.25. The van der Waals surface area contributed by atoms with Gasteiger partial charge in [0.1, 0.15) is 5.82 Å². The molecule has 0 spiro atoms. The van der Waals surface area contributed by atoms with Gasteiger partial charge in [0.05, 0.1) is 18.8 Å². The number of aliphatic imine (C=N–C) groups is 1. The third-order valence-electron chi connectivity index (χ3n) is 3.24. The molecule has 6 heteroatoms. The topological polar surface area (TPSA) is 75.8 Å². The molecule has 6 nitrogen and oxygen atoms in total. The number of nitrogens with one attached hydrogen (secondary N) is 1. The molecule has 2 aromatic rings. The maximum atomic E-state index is 5.98. The largest absolute Gasteiger partial charge is 0.380 e. The van der Waals surface area contributed by atoms with Crippen molar-refractivity contribution in [2.75, 3.05) is 31.4 Å². The van der Waals surface area contributed by atoms with Gasteiger partial charge in [0.2, 0.25) is 0 Å². The highest BCUT2D eigenvalue weighted by atomic mass is 16.5. The molecule has 0 radical (unpaired) electrons. The second kappa shape index (κ2) is 8.14. The first-order valence-electron chi connectivity index (χ1n) is 7.37. The van der Waals surface area contributed by atoms with E-state index in [1.807, 2.05) is 61.5 Å². The van der Waals surface area contributed by atoms with Crippen molar-refractivity contribution >= 4 is 17.5 Å². The quantitative estimate of drug-likeness (QED) is 0.632. The Morgan fingerprint density at radius 3 is 2.74 bits per heavy atom. The molecule has 1 heterocycles. The predicted molar refractivity (Wildman–Crippen MR) is 94.7 cm³/mol. The molecule has 0 fully saturated rings. The fourth-order valence-corrected chi connectivity index (χ4v) is 2.07. The minimum Gasteiger partial charge on any atom is -0.380 e. The highest BCUT2D eigenvalue weighted by Crippen LogP contribution is 2.15. The summed E-state index contributed by atoms with van der Waals surface area (Å²) in [6.45, 7) is 0.940. The Balaban J connectivity index is 2.05. The molecule has 122 valence electrons. The standard InChI is InChI=1S/C17H23N5O/c1-22(2)16-10-6-8-14(20-16)11-19-17(18)21-15-9-5-4-7-13(15)12-23-3/h4-10H,11-12H2,1-3H3,(H3,18,19,21). The number of aromatic nitrogens is 1. The van der Waals surface area contributed by atoms with Gasteiger partial charge in [0.25, 0.3) is 0 Å². The van der Waals surface area contributed by atoms with Gasteiger partial charge in [0, 0.05) is 32.5 Å². The number of nitrogens with two attached hydrogens (primary N) is 1. The molecule has 1 aromatic heterocycles. The molecule has 0 saturated carbocycles. The van der Waals surface area contributed by atoms with Crippen LogP contribution >= 0.6 is 0 Å². The number of hydrogen-bond donors (Lipinski definition) is 2. The molecule has 2 rings (SSSR count). The number of ether oxygens (including phenoxy) is 1. The van der Waals surface area contributed by atoms with Gasteiger partial charge in [-0.05, 0) is 18.2 Å². The summed E-state index contributed by atoms with van der Waals surface area (Å²) in [4.78, 5) is 10.8. The van der Waals surface area contributed by atoms with E-state index < -0.39 is 0 Å². The molecular formula is C17H23N5O. The zero-order valence-electron chi connectivity index (χ0n) is 13.8. The number of benzene rings is 1. The molecule has 0 amide bonds. The van der Waals surface area contributed by atoms with Crippen molar-refractivity contribution in [3.8, 4) is 0 Å². The van der Waals surface area contributed by atoms with E-state index in [9.17, 15) is 0 Å². The normalized spacial score (nSPS) is 11.3. The van der Waals surface area contributed by atoms with Crippen molar-refractivity contribution in [3.63, 3.8) is 0 Å². The molecule has 0 saturated heterocycles. The second-order valence-electron chi connectivity index (χ2n) is 5.30. The van der Waals surface area contributed by atoms with Crippen LogP contribution in [0, 0.1) is 0 Å². The lowest BCUT2D eigenvalue weighted by Gasteiger charge is -2.12. The van der Waals surface area contributed by atoms with Crippen molar-refractivity contribution in [2.45, 2.75) is 13.2 Å². The predicted octanol–water partition coefficient (Wildman–Crippen LogP) is 2.22. The molecule has 0 atom stereocenters. The van der Waals surface area contributed by atoms with Gasteiger partial charge in [0.15, 0.2) is 5.96 Å². The van der Waals surface area contributed by atoms with E-state index in [0.717, 1.165) is 22.8 Å². The van der Waals surface area contributed by atoms with Crippen LogP contribution in [-0.2, 0) is 17.9 Å². The first kappa shape index (κ1) is 16.8. The van der Waals surface area contributed by atoms with E-state index >= 15 is 0 Å². The zero-order chi connectivity index (χ0) is 16.7. The monoisotopic (exact) mass is 313 g/mol. The molecule has 23 heavy (non-hydrogen) atoms. The number of pyridine rings is 1. The van der Waals surface area contributed by atoms with Crippen LogP contribution < -0.4 is 16.0 Å². The van der Waals surface area contributed by atoms with Crippen LogP contribution in [0.5, 0.6) is 0 Å². The zero-order valence-corrected chi connectivity index (χ0v) is 13.8. The van der Waals surface area contributed by atoms with Gasteiger partial charge in [-0.25, -0.2) is 9.98 Å². The molecule has 0 aliphatic heterocycles. The van der Waals surface area contributed by atoms with Gasteiger partial charge in [-0.1, -0.05) is 24.3 Å². The lowest BCUT2D eigenvalue weighted by molar-refractivity contribution is 0.185. The Kier molecular flexibility index (Phi) is 5.94. The third kappa shape index (κ3) is 4.96. The van der Waals surface area contributed by atoms with E-state index in [1.54, 1.807) is 7.11 Å². The fourth-order valence-electron chi connectivity index (χ4n) is 2.07. The van der Waals surface area contributed by atoms with Crippen molar-refractivity contribution in [3.05, 3.63) is 53.7 Å². The summed E-state index contributed by atoms with van der Waals surface area (Å²) in [6.07, 6.45) is 0. The third-order valence-corrected chi connectivity index (χ3v) is 3.24. The molecular weight excluding hydrogens is 290 g/mol. The van der Waals surface area contributed by atoms with E-state index in [1.165, 1.54) is 0 Å². The maximum absolute atomic E-state index is 5.98. The number of rotatable bonds is 6. The van der Waals surface area contributed by atoms with Crippen LogP contribution in [0.25, 0.3) is 0 Å². The number of guanidine groups is 1. The average molecular weight is 313 g/mol. The summed E-state index contributed by atoms with van der Waals surface area (Å²) in [7, 11) is 5.58.